The highest BCUT2D eigenvalue weighted by Gasteiger charge is 2.31. The molecule has 0 unspecified atom stereocenters. The first-order valence-electron chi connectivity index (χ1n) is 5.32. The summed E-state index contributed by atoms with van der Waals surface area (Å²) in [7, 11) is 0. The molecule has 1 aromatic rings. The zero-order chi connectivity index (χ0) is 11.6. The third-order valence-electron chi connectivity index (χ3n) is 2.83. The van der Waals surface area contributed by atoms with Gasteiger partial charge in [-0.3, -0.25) is 0 Å². The molecule has 0 fully saturated rings. The van der Waals surface area contributed by atoms with Crippen molar-refractivity contribution in [2.75, 3.05) is 13.2 Å². The van der Waals surface area contributed by atoms with Crippen molar-refractivity contribution in [3.8, 4) is 0 Å². The molecule has 88 valence electrons. The van der Waals surface area contributed by atoms with Crippen LogP contribution in [-0.2, 0) is 23.7 Å². The topological polar surface area (TPSA) is 29.5 Å². The second-order valence-electron chi connectivity index (χ2n) is 3.96. The lowest BCUT2D eigenvalue weighted by Crippen LogP contribution is -2.17. The predicted octanol–water partition coefficient (Wildman–Crippen LogP) is 2.23. The van der Waals surface area contributed by atoms with Crippen molar-refractivity contribution in [3.63, 3.8) is 0 Å². The fourth-order valence-corrected chi connectivity index (χ4v) is 1.88. The zero-order valence-corrected chi connectivity index (χ0v) is 8.88. The number of hydrogen-bond donors (Lipinski definition) is 1. The van der Waals surface area contributed by atoms with Gasteiger partial charge in [-0.1, -0.05) is 12.1 Å². The maximum atomic E-state index is 13.5. The smallest absolute Gasteiger partial charge is 0.275 e. The highest BCUT2D eigenvalue weighted by molar-refractivity contribution is 5.34. The lowest BCUT2D eigenvalue weighted by molar-refractivity contribution is -0.0271. The number of aliphatic hydroxyl groups excluding tert-OH is 1. The Morgan fingerprint density at radius 2 is 2.12 bits per heavy atom. The number of aliphatic hydroxyl groups is 1. The van der Waals surface area contributed by atoms with Crippen LogP contribution in [0.4, 0.5) is 8.78 Å². The van der Waals surface area contributed by atoms with Crippen LogP contribution in [0.25, 0.3) is 0 Å². The van der Waals surface area contributed by atoms with Crippen LogP contribution < -0.4 is 0 Å². The van der Waals surface area contributed by atoms with E-state index >= 15 is 0 Å². The van der Waals surface area contributed by atoms with Gasteiger partial charge in [0, 0.05) is 18.6 Å². The Labute approximate surface area is 92.9 Å². The molecule has 1 N–H and O–H groups in total. The summed E-state index contributed by atoms with van der Waals surface area (Å²) in [6, 6.07) is 4.64. The molecule has 0 aliphatic carbocycles. The van der Waals surface area contributed by atoms with E-state index in [0.29, 0.717) is 19.6 Å². The van der Waals surface area contributed by atoms with Gasteiger partial charge >= 0.3 is 0 Å². The van der Waals surface area contributed by atoms with Crippen molar-refractivity contribution in [2.45, 2.75) is 25.4 Å². The Kier molecular flexibility index (Phi) is 3.21. The summed E-state index contributed by atoms with van der Waals surface area (Å²) >= 11 is 0. The molecule has 0 bridgehead atoms. The molecule has 0 atom stereocenters. The Balaban J connectivity index is 2.29. The third kappa shape index (κ3) is 2.23. The zero-order valence-electron chi connectivity index (χ0n) is 8.88. The average Bonchev–Trinajstić information content (AvgIpc) is 2.28. The lowest BCUT2D eigenvalue weighted by atomic mass is 9.96. The van der Waals surface area contributed by atoms with Gasteiger partial charge in [0.25, 0.3) is 5.92 Å². The van der Waals surface area contributed by atoms with Gasteiger partial charge in [0.1, 0.15) is 0 Å². The Hall–Kier alpha value is -1.00. The van der Waals surface area contributed by atoms with Gasteiger partial charge in [-0.05, 0) is 23.6 Å². The fraction of sp³-hybridized carbons (Fsp3) is 0.500. The van der Waals surface area contributed by atoms with Crippen molar-refractivity contribution in [3.05, 3.63) is 34.9 Å². The van der Waals surface area contributed by atoms with Gasteiger partial charge in [-0.25, -0.2) is 8.78 Å². The second kappa shape index (κ2) is 4.47. The van der Waals surface area contributed by atoms with Crippen molar-refractivity contribution < 1.29 is 18.6 Å². The molecule has 2 nitrogen and oxygen atoms in total. The average molecular weight is 228 g/mol. The fourth-order valence-electron chi connectivity index (χ4n) is 1.88. The number of halogens is 2. The highest BCUT2D eigenvalue weighted by atomic mass is 19.3. The summed E-state index contributed by atoms with van der Waals surface area (Å²) in [5.74, 6) is -2.94. The Morgan fingerprint density at radius 3 is 2.88 bits per heavy atom. The van der Waals surface area contributed by atoms with Gasteiger partial charge in [0.2, 0.25) is 0 Å². The van der Waals surface area contributed by atoms with E-state index in [1.807, 2.05) is 0 Å². The Bertz CT molecular complexity index is 377. The predicted molar refractivity (Wildman–Crippen MR) is 55.4 cm³/mol. The van der Waals surface area contributed by atoms with Crippen LogP contribution in [0.3, 0.4) is 0 Å². The molecule has 0 spiro atoms. The molecule has 1 aliphatic heterocycles. The molecule has 2 rings (SSSR count). The molecular formula is C12H14F2O2. The normalized spacial score (nSPS) is 15.9. The van der Waals surface area contributed by atoms with Gasteiger partial charge in [0.15, 0.2) is 0 Å². The second-order valence-corrected chi connectivity index (χ2v) is 3.96. The van der Waals surface area contributed by atoms with Crippen LogP contribution in [-0.4, -0.2) is 18.3 Å². The highest BCUT2D eigenvalue weighted by Crippen LogP contribution is 2.33. The van der Waals surface area contributed by atoms with E-state index < -0.39 is 19.0 Å². The first-order valence-corrected chi connectivity index (χ1v) is 5.32. The number of rotatable bonds is 3. The molecule has 1 heterocycles. The molecule has 1 aromatic carbocycles. The maximum absolute atomic E-state index is 13.5. The number of benzene rings is 1. The maximum Gasteiger partial charge on any atom is 0.275 e. The van der Waals surface area contributed by atoms with Crippen LogP contribution in [0.5, 0.6) is 0 Å². The third-order valence-corrected chi connectivity index (χ3v) is 2.83. The minimum Gasteiger partial charge on any atom is -0.396 e. The standard InChI is InChI=1S/C12H14F2O2/c13-12(14,4-5-15)11-2-1-10-8-16-6-3-9(10)7-11/h1-2,7,15H,3-6,8H2. The summed E-state index contributed by atoms with van der Waals surface area (Å²) in [6.45, 7) is 0.580. The quantitative estimate of drug-likeness (QED) is 0.859. The van der Waals surface area contributed by atoms with Gasteiger partial charge < -0.3 is 9.84 Å². The van der Waals surface area contributed by atoms with Gasteiger partial charge in [-0.15, -0.1) is 0 Å². The van der Waals surface area contributed by atoms with E-state index in [2.05, 4.69) is 0 Å². The van der Waals surface area contributed by atoms with E-state index in [-0.39, 0.29) is 5.56 Å². The SMILES string of the molecule is OCCC(F)(F)c1ccc2c(c1)CCOC2. The number of alkyl halides is 2. The number of ether oxygens (including phenoxy) is 1. The molecule has 0 saturated carbocycles. The summed E-state index contributed by atoms with van der Waals surface area (Å²) < 4.78 is 32.3. The summed E-state index contributed by atoms with van der Waals surface area (Å²) in [4.78, 5) is 0. The van der Waals surface area contributed by atoms with Crippen molar-refractivity contribution in [2.24, 2.45) is 0 Å². The van der Waals surface area contributed by atoms with Crippen LogP contribution in [0, 0.1) is 0 Å². The van der Waals surface area contributed by atoms with Gasteiger partial charge in [-0.2, -0.15) is 0 Å². The monoisotopic (exact) mass is 228 g/mol. The summed E-state index contributed by atoms with van der Waals surface area (Å²) in [6.07, 6.45) is 0.153. The van der Waals surface area contributed by atoms with E-state index in [0.717, 1.165) is 11.1 Å². The molecule has 0 aromatic heterocycles. The molecule has 0 saturated heterocycles. The van der Waals surface area contributed by atoms with Gasteiger partial charge in [0.05, 0.1) is 13.2 Å². The van der Waals surface area contributed by atoms with Crippen LogP contribution in [0.1, 0.15) is 23.1 Å². The van der Waals surface area contributed by atoms with Crippen LogP contribution in [0.15, 0.2) is 18.2 Å². The molecule has 4 heteroatoms. The van der Waals surface area contributed by atoms with E-state index in [4.69, 9.17) is 9.84 Å². The molecule has 1 aliphatic rings. The summed E-state index contributed by atoms with van der Waals surface area (Å²) in [5, 5.41) is 8.60. The van der Waals surface area contributed by atoms with Crippen molar-refractivity contribution >= 4 is 0 Å². The molecule has 0 radical (unpaired) electrons. The van der Waals surface area contributed by atoms with Crippen molar-refractivity contribution in [1.82, 2.24) is 0 Å². The minimum atomic E-state index is -2.94. The van der Waals surface area contributed by atoms with Crippen LogP contribution in [0.2, 0.25) is 0 Å². The molecule has 16 heavy (non-hydrogen) atoms. The van der Waals surface area contributed by atoms with E-state index in [9.17, 15) is 8.78 Å². The van der Waals surface area contributed by atoms with Crippen LogP contribution >= 0.6 is 0 Å². The largest absolute Gasteiger partial charge is 0.396 e. The number of fused-ring (bicyclic) bond motifs is 1. The minimum absolute atomic E-state index is 0.0119. The molecule has 0 amide bonds. The molecular weight excluding hydrogens is 214 g/mol. The summed E-state index contributed by atoms with van der Waals surface area (Å²) in [5.41, 5.74) is 1.90. The number of hydrogen-bond acceptors (Lipinski definition) is 2. The lowest BCUT2D eigenvalue weighted by Gasteiger charge is -2.21. The van der Waals surface area contributed by atoms with E-state index in [1.165, 1.54) is 12.1 Å². The first kappa shape index (κ1) is 11.5. The van der Waals surface area contributed by atoms with Crippen molar-refractivity contribution in [1.29, 1.82) is 0 Å². The first-order chi connectivity index (χ1) is 7.63. The Morgan fingerprint density at radius 1 is 1.31 bits per heavy atom. The van der Waals surface area contributed by atoms with E-state index in [1.54, 1.807) is 6.07 Å².